The second-order valence-electron chi connectivity index (χ2n) is 6.56. The number of hydrogen-bond donors (Lipinski definition) is 2. The molecule has 1 aromatic heterocycles. The van der Waals surface area contributed by atoms with Gasteiger partial charge in [-0.15, -0.1) is 0 Å². The van der Waals surface area contributed by atoms with E-state index in [1.807, 2.05) is 0 Å². The molecule has 1 aromatic carbocycles. The summed E-state index contributed by atoms with van der Waals surface area (Å²) >= 11 is 0. The minimum absolute atomic E-state index is 0.0139. The lowest BCUT2D eigenvalue weighted by atomic mass is 10.1. The molecule has 0 spiro atoms. The topological polar surface area (TPSA) is 105 Å². The third-order valence-electron chi connectivity index (χ3n) is 4.08. The van der Waals surface area contributed by atoms with Crippen molar-refractivity contribution in [2.24, 2.45) is 0 Å². The molecule has 1 unspecified atom stereocenters. The lowest BCUT2D eigenvalue weighted by Crippen LogP contribution is -2.37. The molecule has 0 aliphatic carbocycles. The fraction of sp³-hybridized carbons (Fsp3) is 0.368. The van der Waals surface area contributed by atoms with E-state index in [4.69, 9.17) is 0 Å². The smallest absolute Gasteiger partial charge is 0.250 e. The predicted octanol–water partition coefficient (Wildman–Crippen LogP) is 0.750. The van der Waals surface area contributed by atoms with Crippen LogP contribution < -0.4 is 10.9 Å². The third-order valence-corrected chi connectivity index (χ3v) is 6.25. The number of aliphatic hydroxyl groups excluding tert-OH is 1. The second kappa shape index (κ2) is 8.96. The van der Waals surface area contributed by atoms with Gasteiger partial charge in [-0.3, -0.25) is 9.59 Å². The van der Waals surface area contributed by atoms with Gasteiger partial charge < -0.3 is 15.0 Å². The average Bonchev–Trinajstić information content (AvgIpc) is 2.62. The zero-order valence-corrected chi connectivity index (χ0v) is 16.1. The fourth-order valence-corrected chi connectivity index (χ4v) is 3.51. The Bertz CT molecular complexity index is 933. The van der Waals surface area contributed by atoms with Crippen LogP contribution in [0, 0.1) is 0 Å². The highest BCUT2D eigenvalue weighted by Gasteiger charge is 2.19. The van der Waals surface area contributed by atoms with Gasteiger partial charge in [0.25, 0.3) is 5.56 Å². The molecule has 0 aliphatic heterocycles. The van der Waals surface area contributed by atoms with Crippen molar-refractivity contribution >= 4 is 15.7 Å². The van der Waals surface area contributed by atoms with Gasteiger partial charge >= 0.3 is 0 Å². The summed E-state index contributed by atoms with van der Waals surface area (Å²) in [5.41, 5.74) is 0.447. The van der Waals surface area contributed by atoms with Crippen molar-refractivity contribution in [3.63, 3.8) is 0 Å². The second-order valence-corrected chi connectivity index (χ2v) is 9.07. The summed E-state index contributed by atoms with van der Waals surface area (Å²) in [6.45, 7) is 3.33. The van der Waals surface area contributed by atoms with Crippen LogP contribution in [0.1, 0.15) is 19.4 Å². The number of hydrogen-bond acceptors (Lipinski definition) is 5. The van der Waals surface area contributed by atoms with Crippen molar-refractivity contribution in [2.45, 2.75) is 43.1 Å². The van der Waals surface area contributed by atoms with Crippen LogP contribution in [0.4, 0.5) is 0 Å². The molecule has 0 saturated carbocycles. The SMILES string of the molecule is CC(C)S(=O)(=O)c1ccc(CC(=O)NCC(O)Cn2ccccc2=O)cc1. The van der Waals surface area contributed by atoms with E-state index in [1.165, 1.54) is 22.8 Å². The van der Waals surface area contributed by atoms with Crippen molar-refractivity contribution in [3.8, 4) is 0 Å². The number of sulfone groups is 1. The molecule has 2 N–H and O–H groups in total. The molecular formula is C19H24N2O5S. The Hall–Kier alpha value is -2.45. The number of carbonyl (C=O) groups is 1. The Morgan fingerprint density at radius 2 is 1.81 bits per heavy atom. The molecule has 1 heterocycles. The van der Waals surface area contributed by atoms with Crippen molar-refractivity contribution in [1.29, 1.82) is 0 Å². The maximum absolute atomic E-state index is 12.1. The average molecular weight is 392 g/mol. The standard InChI is InChI=1S/C19H24N2O5S/c1-14(2)27(25,26)17-8-6-15(7-9-17)11-18(23)20-12-16(22)13-21-10-4-3-5-19(21)24/h3-10,14,16,22H,11-13H2,1-2H3,(H,20,23). The lowest BCUT2D eigenvalue weighted by Gasteiger charge is -2.13. The molecule has 1 amide bonds. The number of nitrogens with zero attached hydrogens (tertiary/aromatic N) is 1. The zero-order chi connectivity index (χ0) is 20.0. The van der Waals surface area contributed by atoms with Crippen molar-refractivity contribution in [2.75, 3.05) is 6.54 Å². The first-order valence-electron chi connectivity index (χ1n) is 8.63. The molecule has 0 saturated heterocycles. The van der Waals surface area contributed by atoms with Gasteiger partial charge in [0.05, 0.1) is 29.2 Å². The van der Waals surface area contributed by atoms with Crippen molar-refractivity contribution in [1.82, 2.24) is 9.88 Å². The van der Waals surface area contributed by atoms with Gasteiger partial charge in [-0.25, -0.2) is 8.42 Å². The van der Waals surface area contributed by atoms with Crippen LogP contribution in [-0.4, -0.2) is 41.9 Å². The summed E-state index contributed by atoms with van der Waals surface area (Å²) in [6, 6.07) is 10.9. The summed E-state index contributed by atoms with van der Waals surface area (Å²) in [6.07, 6.45) is 0.743. The summed E-state index contributed by atoms with van der Waals surface area (Å²) in [5, 5.41) is 12.1. The Balaban J connectivity index is 1.87. The first-order chi connectivity index (χ1) is 12.7. The highest BCUT2D eigenvalue weighted by atomic mass is 32.2. The number of aromatic nitrogens is 1. The van der Waals surface area contributed by atoms with Gasteiger partial charge in [0.1, 0.15) is 0 Å². The molecule has 2 rings (SSSR count). The van der Waals surface area contributed by atoms with Gasteiger partial charge in [0.2, 0.25) is 5.91 Å². The van der Waals surface area contributed by atoms with Crippen LogP contribution in [0.5, 0.6) is 0 Å². The normalized spacial score (nSPS) is 12.7. The van der Waals surface area contributed by atoms with Crippen LogP contribution in [0.3, 0.4) is 0 Å². The molecule has 1 atom stereocenters. The molecule has 8 heteroatoms. The maximum Gasteiger partial charge on any atom is 0.250 e. The first kappa shape index (κ1) is 20.9. The molecule has 146 valence electrons. The van der Waals surface area contributed by atoms with E-state index in [0.717, 1.165) is 0 Å². The summed E-state index contributed by atoms with van der Waals surface area (Å²) < 4.78 is 25.5. The number of rotatable bonds is 8. The molecule has 0 bridgehead atoms. The number of nitrogens with one attached hydrogen (secondary N) is 1. The fourth-order valence-electron chi connectivity index (χ4n) is 2.45. The van der Waals surface area contributed by atoms with E-state index in [0.29, 0.717) is 5.56 Å². The summed E-state index contributed by atoms with van der Waals surface area (Å²) in [7, 11) is -3.34. The Morgan fingerprint density at radius 1 is 1.15 bits per heavy atom. The third kappa shape index (κ3) is 5.77. The Morgan fingerprint density at radius 3 is 2.41 bits per heavy atom. The van der Waals surface area contributed by atoms with Gasteiger partial charge in [-0.1, -0.05) is 18.2 Å². The zero-order valence-electron chi connectivity index (χ0n) is 15.3. The predicted molar refractivity (Wildman–Crippen MR) is 102 cm³/mol. The van der Waals surface area contributed by atoms with E-state index in [9.17, 15) is 23.1 Å². The molecule has 2 aromatic rings. The van der Waals surface area contributed by atoms with Crippen LogP contribution in [0.25, 0.3) is 0 Å². The number of pyridine rings is 1. The molecule has 0 aliphatic rings. The quantitative estimate of drug-likeness (QED) is 0.690. The van der Waals surface area contributed by atoms with Crippen LogP contribution >= 0.6 is 0 Å². The highest BCUT2D eigenvalue weighted by molar-refractivity contribution is 7.92. The number of benzene rings is 1. The highest BCUT2D eigenvalue weighted by Crippen LogP contribution is 2.16. The monoisotopic (exact) mass is 392 g/mol. The van der Waals surface area contributed by atoms with E-state index in [1.54, 1.807) is 44.3 Å². The lowest BCUT2D eigenvalue weighted by molar-refractivity contribution is -0.120. The maximum atomic E-state index is 12.1. The minimum atomic E-state index is -3.34. The van der Waals surface area contributed by atoms with Crippen molar-refractivity contribution in [3.05, 3.63) is 64.6 Å². The van der Waals surface area contributed by atoms with Gasteiger partial charge in [-0.2, -0.15) is 0 Å². The number of aliphatic hydroxyl groups is 1. The molecule has 0 fully saturated rings. The Kier molecular flexibility index (Phi) is 6.92. The van der Waals surface area contributed by atoms with Crippen LogP contribution in [-0.2, 0) is 27.6 Å². The van der Waals surface area contributed by atoms with E-state index >= 15 is 0 Å². The molecule has 27 heavy (non-hydrogen) atoms. The summed E-state index contributed by atoms with van der Waals surface area (Å²) in [4.78, 5) is 23.8. The number of carbonyl (C=O) groups excluding carboxylic acids is 1. The van der Waals surface area contributed by atoms with Gasteiger partial charge in [0.15, 0.2) is 9.84 Å². The van der Waals surface area contributed by atoms with Crippen molar-refractivity contribution < 1.29 is 18.3 Å². The van der Waals surface area contributed by atoms with E-state index in [2.05, 4.69) is 5.32 Å². The Labute approximate surface area is 158 Å². The molecule has 7 nitrogen and oxygen atoms in total. The van der Waals surface area contributed by atoms with Gasteiger partial charge in [-0.05, 0) is 37.6 Å². The minimum Gasteiger partial charge on any atom is -0.389 e. The van der Waals surface area contributed by atoms with E-state index < -0.39 is 21.2 Å². The van der Waals surface area contributed by atoms with E-state index in [-0.39, 0.29) is 35.9 Å². The van der Waals surface area contributed by atoms with Gasteiger partial charge in [0, 0.05) is 18.8 Å². The first-order valence-corrected chi connectivity index (χ1v) is 10.2. The number of amides is 1. The summed E-state index contributed by atoms with van der Waals surface area (Å²) in [5.74, 6) is -0.297. The van der Waals surface area contributed by atoms with Crippen LogP contribution in [0.2, 0.25) is 0 Å². The molecule has 0 radical (unpaired) electrons. The molecular weight excluding hydrogens is 368 g/mol. The van der Waals surface area contributed by atoms with Crippen LogP contribution in [0.15, 0.2) is 58.4 Å². The largest absolute Gasteiger partial charge is 0.389 e.